The van der Waals surface area contributed by atoms with Crippen LogP contribution in [0.15, 0.2) is 48.5 Å². The predicted molar refractivity (Wildman–Crippen MR) is 118 cm³/mol. The minimum absolute atomic E-state index is 0.0782. The zero-order chi connectivity index (χ0) is 21.1. The topological polar surface area (TPSA) is 60.9 Å². The third kappa shape index (κ3) is 4.58. The molecule has 1 amide bonds. The van der Waals surface area contributed by atoms with Gasteiger partial charge in [0.15, 0.2) is 0 Å². The molecule has 160 valence electrons. The van der Waals surface area contributed by atoms with Crippen LogP contribution in [0.25, 0.3) is 0 Å². The molecule has 30 heavy (non-hydrogen) atoms. The standard InChI is InChI=1S/C23H29N3O3S/c1-2-30(28,29)26-15-13-24(14-16-26)17-19-7-9-21(10-8-19)23(27)25-12-11-20-5-3-4-6-22(20)18-25/h3-10H,2,11-18H2,1H3. The van der Waals surface area contributed by atoms with E-state index in [1.54, 1.807) is 11.2 Å². The largest absolute Gasteiger partial charge is 0.334 e. The van der Waals surface area contributed by atoms with Gasteiger partial charge in [0, 0.05) is 51.4 Å². The average molecular weight is 428 g/mol. The summed E-state index contributed by atoms with van der Waals surface area (Å²) in [4.78, 5) is 17.1. The van der Waals surface area contributed by atoms with Crippen molar-refractivity contribution in [2.24, 2.45) is 0 Å². The van der Waals surface area contributed by atoms with Crippen molar-refractivity contribution in [3.05, 3.63) is 70.8 Å². The zero-order valence-corrected chi connectivity index (χ0v) is 18.3. The Labute approximate surface area is 179 Å². The van der Waals surface area contributed by atoms with Gasteiger partial charge in [-0.1, -0.05) is 36.4 Å². The molecule has 6 nitrogen and oxygen atoms in total. The number of carbonyl (C=O) groups excluding carboxylic acids is 1. The second kappa shape index (κ2) is 8.88. The maximum atomic E-state index is 12.9. The van der Waals surface area contributed by atoms with Crippen molar-refractivity contribution >= 4 is 15.9 Å². The SMILES string of the molecule is CCS(=O)(=O)N1CCN(Cc2ccc(C(=O)N3CCc4ccccc4C3)cc2)CC1. The number of amides is 1. The summed E-state index contributed by atoms with van der Waals surface area (Å²) in [5, 5.41) is 0. The van der Waals surface area contributed by atoms with Crippen molar-refractivity contribution < 1.29 is 13.2 Å². The van der Waals surface area contributed by atoms with E-state index >= 15 is 0 Å². The summed E-state index contributed by atoms with van der Waals surface area (Å²) in [6, 6.07) is 16.2. The number of hydrogen-bond acceptors (Lipinski definition) is 4. The van der Waals surface area contributed by atoms with Gasteiger partial charge in [0.05, 0.1) is 5.75 Å². The molecular formula is C23H29N3O3S. The molecule has 0 spiro atoms. The summed E-state index contributed by atoms with van der Waals surface area (Å²) < 4.78 is 25.6. The van der Waals surface area contributed by atoms with Crippen LogP contribution in [-0.2, 0) is 29.5 Å². The summed E-state index contributed by atoms with van der Waals surface area (Å²) in [6.07, 6.45) is 0.903. The number of nitrogens with zero attached hydrogens (tertiary/aromatic N) is 3. The normalized spacial score (nSPS) is 18.2. The number of sulfonamides is 1. The quantitative estimate of drug-likeness (QED) is 0.735. The second-order valence-corrected chi connectivity index (χ2v) is 10.3. The Kier molecular flexibility index (Phi) is 6.22. The van der Waals surface area contributed by atoms with E-state index in [1.165, 1.54) is 11.1 Å². The first-order chi connectivity index (χ1) is 14.5. The number of rotatable bonds is 5. The van der Waals surface area contributed by atoms with Gasteiger partial charge in [0.25, 0.3) is 5.91 Å². The minimum atomic E-state index is -3.10. The van der Waals surface area contributed by atoms with Crippen LogP contribution < -0.4 is 0 Å². The molecule has 0 N–H and O–H groups in total. The highest BCUT2D eigenvalue weighted by atomic mass is 32.2. The number of benzene rings is 2. The summed E-state index contributed by atoms with van der Waals surface area (Å²) in [5.41, 5.74) is 4.43. The number of fused-ring (bicyclic) bond motifs is 1. The molecule has 0 saturated carbocycles. The molecule has 0 bridgehead atoms. The fourth-order valence-electron chi connectivity index (χ4n) is 4.21. The summed E-state index contributed by atoms with van der Waals surface area (Å²) in [5.74, 6) is 0.236. The predicted octanol–water partition coefficient (Wildman–Crippen LogP) is 2.35. The van der Waals surface area contributed by atoms with Gasteiger partial charge in [-0.2, -0.15) is 4.31 Å². The van der Waals surface area contributed by atoms with E-state index in [2.05, 4.69) is 23.1 Å². The zero-order valence-electron chi connectivity index (χ0n) is 17.5. The fraction of sp³-hybridized carbons (Fsp3) is 0.435. The van der Waals surface area contributed by atoms with Gasteiger partial charge in [-0.3, -0.25) is 9.69 Å². The molecule has 0 aromatic heterocycles. The van der Waals surface area contributed by atoms with E-state index in [1.807, 2.05) is 35.2 Å². The Bertz CT molecular complexity index is 997. The lowest BCUT2D eigenvalue weighted by molar-refractivity contribution is 0.0734. The van der Waals surface area contributed by atoms with Crippen molar-refractivity contribution in [1.82, 2.24) is 14.1 Å². The van der Waals surface area contributed by atoms with Gasteiger partial charge >= 0.3 is 0 Å². The molecule has 1 saturated heterocycles. The Balaban J connectivity index is 1.33. The molecule has 7 heteroatoms. The third-order valence-corrected chi connectivity index (χ3v) is 8.00. The van der Waals surface area contributed by atoms with Crippen molar-refractivity contribution in [2.75, 3.05) is 38.5 Å². The highest BCUT2D eigenvalue weighted by molar-refractivity contribution is 7.89. The van der Waals surface area contributed by atoms with Gasteiger partial charge < -0.3 is 4.90 Å². The van der Waals surface area contributed by atoms with Crippen LogP contribution >= 0.6 is 0 Å². The van der Waals surface area contributed by atoms with Crippen molar-refractivity contribution in [1.29, 1.82) is 0 Å². The molecule has 2 aromatic carbocycles. The molecule has 4 rings (SSSR count). The first-order valence-electron chi connectivity index (χ1n) is 10.6. The Hall–Kier alpha value is -2.22. The highest BCUT2D eigenvalue weighted by Gasteiger charge is 2.25. The molecule has 2 heterocycles. The second-order valence-electron chi connectivity index (χ2n) is 8.02. The lowest BCUT2D eigenvalue weighted by Gasteiger charge is -2.33. The molecule has 0 radical (unpaired) electrons. The number of piperazine rings is 1. The molecule has 0 atom stereocenters. The number of carbonyl (C=O) groups is 1. The summed E-state index contributed by atoms with van der Waals surface area (Å²) in [7, 11) is -3.10. The summed E-state index contributed by atoms with van der Waals surface area (Å²) in [6.45, 7) is 6.43. The van der Waals surface area contributed by atoms with Gasteiger partial charge in [0.1, 0.15) is 0 Å². The monoisotopic (exact) mass is 427 g/mol. The van der Waals surface area contributed by atoms with Crippen LogP contribution in [0.4, 0.5) is 0 Å². The Morgan fingerprint density at radius 3 is 2.23 bits per heavy atom. The lowest BCUT2D eigenvalue weighted by atomic mass is 9.99. The maximum Gasteiger partial charge on any atom is 0.254 e. The number of hydrogen-bond donors (Lipinski definition) is 0. The van der Waals surface area contributed by atoms with E-state index < -0.39 is 10.0 Å². The molecule has 2 aliphatic heterocycles. The molecule has 0 unspecified atom stereocenters. The maximum absolute atomic E-state index is 12.9. The van der Waals surface area contributed by atoms with Crippen molar-refractivity contribution in [3.63, 3.8) is 0 Å². The first-order valence-corrected chi connectivity index (χ1v) is 12.2. The van der Waals surface area contributed by atoms with Crippen LogP contribution in [0.1, 0.15) is 34.0 Å². The molecule has 2 aliphatic rings. The smallest absolute Gasteiger partial charge is 0.254 e. The molecule has 2 aromatic rings. The first kappa shape index (κ1) is 21.0. The van der Waals surface area contributed by atoms with E-state index in [-0.39, 0.29) is 11.7 Å². The van der Waals surface area contributed by atoms with Crippen LogP contribution in [0.2, 0.25) is 0 Å². The van der Waals surface area contributed by atoms with Gasteiger partial charge in [0.2, 0.25) is 10.0 Å². The average Bonchev–Trinajstić information content (AvgIpc) is 2.79. The van der Waals surface area contributed by atoms with Gasteiger partial charge in [-0.25, -0.2) is 8.42 Å². The fourth-order valence-corrected chi connectivity index (χ4v) is 5.30. The van der Waals surface area contributed by atoms with E-state index in [4.69, 9.17) is 0 Å². The minimum Gasteiger partial charge on any atom is -0.334 e. The Morgan fingerprint density at radius 1 is 0.900 bits per heavy atom. The lowest BCUT2D eigenvalue weighted by Crippen LogP contribution is -2.48. The van der Waals surface area contributed by atoms with Gasteiger partial charge in [-0.15, -0.1) is 0 Å². The van der Waals surface area contributed by atoms with Crippen LogP contribution in [0.3, 0.4) is 0 Å². The van der Waals surface area contributed by atoms with E-state index in [0.717, 1.165) is 43.7 Å². The third-order valence-electron chi connectivity index (χ3n) is 6.11. The van der Waals surface area contributed by atoms with Crippen LogP contribution in [0.5, 0.6) is 0 Å². The van der Waals surface area contributed by atoms with Crippen LogP contribution in [-0.4, -0.2) is 66.9 Å². The molecule has 1 fully saturated rings. The highest BCUT2D eigenvalue weighted by Crippen LogP contribution is 2.21. The van der Waals surface area contributed by atoms with Crippen molar-refractivity contribution in [3.8, 4) is 0 Å². The van der Waals surface area contributed by atoms with E-state index in [9.17, 15) is 13.2 Å². The summed E-state index contributed by atoms with van der Waals surface area (Å²) >= 11 is 0. The Morgan fingerprint density at radius 2 is 1.57 bits per heavy atom. The molecular weight excluding hydrogens is 398 g/mol. The van der Waals surface area contributed by atoms with E-state index in [0.29, 0.717) is 19.6 Å². The molecule has 0 aliphatic carbocycles. The van der Waals surface area contributed by atoms with Crippen LogP contribution in [0, 0.1) is 0 Å². The van der Waals surface area contributed by atoms with Gasteiger partial charge in [-0.05, 0) is 42.2 Å². The van der Waals surface area contributed by atoms with Crippen molar-refractivity contribution in [2.45, 2.75) is 26.4 Å².